The molecule has 0 bridgehead atoms. The van der Waals surface area contributed by atoms with Gasteiger partial charge in [0.2, 0.25) is 0 Å². The number of halogens is 1. The van der Waals surface area contributed by atoms with Gasteiger partial charge in [0.15, 0.2) is 0 Å². The van der Waals surface area contributed by atoms with Crippen molar-refractivity contribution in [2.75, 3.05) is 6.61 Å². The molecule has 0 aliphatic rings. The summed E-state index contributed by atoms with van der Waals surface area (Å²) < 4.78 is 11.9. The Morgan fingerprint density at radius 2 is 1.70 bits per heavy atom. The van der Waals surface area contributed by atoms with Crippen molar-refractivity contribution in [3.8, 4) is 11.5 Å². The van der Waals surface area contributed by atoms with Gasteiger partial charge >= 0.3 is 5.97 Å². The Morgan fingerprint density at radius 3 is 2.40 bits per heavy atom. The van der Waals surface area contributed by atoms with E-state index in [1.54, 1.807) is 18.3 Å². The standard InChI is InChI=1S/C24H18ClNO3S/c1-2-28-18-13-9-17(10-14-18)26-15-16-7-11-19(12-8-16)29-24(27)23-22(25)20-5-3-4-6-21(20)30-23/h3-15H,2H2,1H3. The largest absolute Gasteiger partial charge is 0.494 e. The first kappa shape index (κ1) is 20.1. The number of aliphatic imine (C=N–C) groups is 1. The van der Waals surface area contributed by atoms with Gasteiger partial charge in [-0.2, -0.15) is 0 Å². The Balaban J connectivity index is 1.42. The summed E-state index contributed by atoms with van der Waals surface area (Å²) >= 11 is 7.68. The fourth-order valence-electron chi connectivity index (χ4n) is 2.86. The van der Waals surface area contributed by atoms with E-state index in [4.69, 9.17) is 21.1 Å². The molecule has 6 heteroatoms. The Labute approximate surface area is 183 Å². The van der Waals surface area contributed by atoms with Gasteiger partial charge in [0.05, 0.1) is 17.3 Å². The lowest BCUT2D eigenvalue weighted by Crippen LogP contribution is -2.06. The van der Waals surface area contributed by atoms with E-state index in [0.29, 0.717) is 22.3 Å². The fourth-order valence-corrected chi connectivity index (χ4v) is 4.25. The van der Waals surface area contributed by atoms with Gasteiger partial charge in [-0.15, -0.1) is 11.3 Å². The summed E-state index contributed by atoms with van der Waals surface area (Å²) in [7, 11) is 0. The number of thiophene rings is 1. The third kappa shape index (κ3) is 4.53. The van der Waals surface area contributed by atoms with Crippen LogP contribution < -0.4 is 9.47 Å². The molecule has 3 aromatic carbocycles. The van der Waals surface area contributed by atoms with E-state index in [-0.39, 0.29) is 0 Å². The Morgan fingerprint density at radius 1 is 1.00 bits per heavy atom. The molecular weight excluding hydrogens is 418 g/mol. The second kappa shape index (κ2) is 9.11. The molecule has 0 saturated heterocycles. The fraction of sp³-hybridized carbons (Fsp3) is 0.0833. The zero-order valence-electron chi connectivity index (χ0n) is 16.2. The molecule has 0 atom stereocenters. The molecule has 4 rings (SSSR count). The molecular formula is C24H18ClNO3S. The monoisotopic (exact) mass is 435 g/mol. The Hall–Kier alpha value is -3.15. The first-order valence-corrected chi connectivity index (χ1v) is 10.6. The molecule has 4 nitrogen and oxygen atoms in total. The second-order valence-electron chi connectivity index (χ2n) is 6.38. The van der Waals surface area contributed by atoms with Gasteiger partial charge < -0.3 is 9.47 Å². The van der Waals surface area contributed by atoms with Gasteiger partial charge in [0, 0.05) is 16.3 Å². The van der Waals surface area contributed by atoms with E-state index in [9.17, 15) is 4.79 Å². The molecule has 0 spiro atoms. The molecule has 0 amide bonds. The van der Waals surface area contributed by atoms with Crippen LogP contribution >= 0.6 is 22.9 Å². The van der Waals surface area contributed by atoms with Crippen molar-refractivity contribution in [1.29, 1.82) is 0 Å². The SMILES string of the molecule is CCOc1ccc(N=Cc2ccc(OC(=O)c3sc4ccccc4c3Cl)cc2)cc1. The average molecular weight is 436 g/mol. The van der Waals surface area contributed by atoms with E-state index in [1.807, 2.05) is 67.6 Å². The lowest BCUT2D eigenvalue weighted by atomic mass is 10.2. The first-order chi connectivity index (χ1) is 14.6. The van der Waals surface area contributed by atoms with E-state index in [2.05, 4.69) is 4.99 Å². The van der Waals surface area contributed by atoms with Crippen LogP contribution in [0.4, 0.5) is 5.69 Å². The van der Waals surface area contributed by atoms with Crippen LogP contribution in [0.25, 0.3) is 10.1 Å². The third-order valence-corrected chi connectivity index (χ3v) is 5.98. The summed E-state index contributed by atoms with van der Waals surface area (Å²) in [5.41, 5.74) is 1.72. The van der Waals surface area contributed by atoms with Crippen LogP contribution in [0.1, 0.15) is 22.2 Å². The van der Waals surface area contributed by atoms with Crippen molar-refractivity contribution >= 4 is 50.9 Å². The lowest BCUT2D eigenvalue weighted by molar-refractivity contribution is 0.0740. The molecule has 1 aromatic heterocycles. The molecule has 30 heavy (non-hydrogen) atoms. The molecule has 0 saturated carbocycles. The maximum Gasteiger partial charge on any atom is 0.355 e. The van der Waals surface area contributed by atoms with Crippen LogP contribution in [-0.2, 0) is 0 Å². The van der Waals surface area contributed by atoms with Gasteiger partial charge in [0.1, 0.15) is 16.4 Å². The van der Waals surface area contributed by atoms with Gasteiger partial charge in [-0.3, -0.25) is 4.99 Å². The highest BCUT2D eigenvalue weighted by atomic mass is 35.5. The summed E-state index contributed by atoms with van der Waals surface area (Å²) in [6.07, 6.45) is 1.75. The number of ether oxygens (including phenoxy) is 2. The van der Waals surface area contributed by atoms with Crippen molar-refractivity contribution < 1.29 is 14.3 Å². The maximum absolute atomic E-state index is 12.5. The van der Waals surface area contributed by atoms with Gasteiger partial charge in [-0.25, -0.2) is 4.79 Å². The van der Waals surface area contributed by atoms with Crippen molar-refractivity contribution in [1.82, 2.24) is 0 Å². The summed E-state index contributed by atoms with van der Waals surface area (Å²) in [6, 6.07) is 22.3. The normalized spacial score (nSPS) is 11.1. The number of carbonyl (C=O) groups excluding carboxylic acids is 1. The van der Waals surface area contributed by atoms with Gasteiger partial charge in [-0.1, -0.05) is 29.8 Å². The highest BCUT2D eigenvalue weighted by molar-refractivity contribution is 7.21. The summed E-state index contributed by atoms with van der Waals surface area (Å²) in [4.78, 5) is 17.4. The molecule has 0 N–H and O–H groups in total. The minimum atomic E-state index is -0.461. The third-order valence-electron chi connectivity index (χ3n) is 4.32. The van der Waals surface area contributed by atoms with Crippen LogP contribution in [0.5, 0.6) is 11.5 Å². The van der Waals surface area contributed by atoms with Crippen LogP contribution in [0, 0.1) is 0 Å². The van der Waals surface area contributed by atoms with Crippen molar-refractivity contribution in [2.24, 2.45) is 4.99 Å². The predicted octanol–water partition coefficient (Wildman–Crippen LogP) is 6.92. The predicted molar refractivity (Wildman–Crippen MR) is 123 cm³/mol. The van der Waals surface area contributed by atoms with E-state index >= 15 is 0 Å². The highest BCUT2D eigenvalue weighted by Gasteiger charge is 2.18. The number of hydrogen-bond donors (Lipinski definition) is 0. The molecule has 0 aliphatic heterocycles. The summed E-state index contributed by atoms with van der Waals surface area (Å²) in [5, 5.41) is 1.29. The lowest BCUT2D eigenvalue weighted by Gasteiger charge is -2.04. The molecule has 0 unspecified atom stereocenters. The Kier molecular flexibility index (Phi) is 6.12. The average Bonchev–Trinajstić information content (AvgIpc) is 3.11. The van der Waals surface area contributed by atoms with Crippen LogP contribution in [0.15, 0.2) is 77.8 Å². The number of carbonyl (C=O) groups is 1. The number of benzene rings is 3. The van der Waals surface area contributed by atoms with Gasteiger partial charge in [0.25, 0.3) is 0 Å². The molecule has 1 heterocycles. The summed E-state index contributed by atoms with van der Waals surface area (Å²) in [6.45, 7) is 2.58. The Bertz CT molecular complexity index is 1200. The topological polar surface area (TPSA) is 47.9 Å². The molecule has 0 fully saturated rings. The molecule has 4 aromatic rings. The zero-order chi connectivity index (χ0) is 20.9. The van der Waals surface area contributed by atoms with Crippen LogP contribution in [0.3, 0.4) is 0 Å². The van der Waals surface area contributed by atoms with E-state index in [1.165, 1.54) is 11.3 Å². The molecule has 0 radical (unpaired) electrons. The second-order valence-corrected chi connectivity index (χ2v) is 7.82. The molecule has 0 aliphatic carbocycles. The van der Waals surface area contributed by atoms with Gasteiger partial charge in [-0.05, 0) is 67.1 Å². The van der Waals surface area contributed by atoms with Crippen LogP contribution in [-0.4, -0.2) is 18.8 Å². The van der Waals surface area contributed by atoms with E-state index < -0.39 is 5.97 Å². The van der Waals surface area contributed by atoms with Crippen molar-refractivity contribution in [3.05, 3.63) is 88.3 Å². The van der Waals surface area contributed by atoms with Crippen molar-refractivity contribution in [2.45, 2.75) is 6.92 Å². The summed E-state index contributed by atoms with van der Waals surface area (Å²) in [5.74, 6) is 0.810. The number of fused-ring (bicyclic) bond motifs is 1. The minimum Gasteiger partial charge on any atom is -0.494 e. The number of hydrogen-bond acceptors (Lipinski definition) is 5. The minimum absolute atomic E-state index is 0.402. The number of esters is 1. The maximum atomic E-state index is 12.5. The quantitative estimate of drug-likeness (QED) is 0.187. The highest BCUT2D eigenvalue weighted by Crippen LogP contribution is 2.35. The van der Waals surface area contributed by atoms with Crippen LogP contribution in [0.2, 0.25) is 5.02 Å². The first-order valence-electron chi connectivity index (χ1n) is 9.40. The van der Waals surface area contributed by atoms with E-state index in [0.717, 1.165) is 27.1 Å². The number of rotatable bonds is 6. The van der Waals surface area contributed by atoms with Crippen molar-refractivity contribution in [3.63, 3.8) is 0 Å². The number of nitrogens with zero attached hydrogens (tertiary/aromatic N) is 1. The molecule has 150 valence electrons. The smallest absolute Gasteiger partial charge is 0.355 e. The zero-order valence-corrected chi connectivity index (χ0v) is 17.7.